The zero-order valence-corrected chi connectivity index (χ0v) is 18.4. The van der Waals surface area contributed by atoms with Gasteiger partial charge >= 0.3 is 0 Å². The summed E-state index contributed by atoms with van der Waals surface area (Å²) < 4.78 is 5.28. The molecular formula is C24H21ClN6O2. The van der Waals surface area contributed by atoms with E-state index in [1.54, 1.807) is 59.8 Å². The first-order valence-corrected chi connectivity index (χ1v) is 10.6. The molecule has 9 heteroatoms. The number of amides is 1. The van der Waals surface area contributed by atoms with Crippen LogP contribution in [-0.4, -0.2) is 57.8 Å². The van der Waals surface area contributed by atoms with E-state index in [0.717, 1.165) is 5.56 Å². The number of nitrogen functional groups attached to an aromatic ring is 1. The fourth-order valence-electron chi connectivity index (χ4n) is 3.20. The number of nitrogens with one attached hydrogen (secondary N) is 2. The predicted molar refractivity (Wildman–Crippen MR) is 127 cm³/mol. The molecule has 166 valence electrons. The second kappa shape index (κ2) is 10.1. The number of carbonyl (C=O) groups is 1. The Balaban J connectivity index is 1.42. The second-order valence-electron chi connectivity index (χ2n) is 7.25. The lowest BCUT2D eigenvalue weighted by Crippen LogP contribution is -2.40. The number of rotatable bonds is 4. The molecule has 4 N–H and O–H groups in total. The van der Waals surface area contributed by atoms with E-state index in [2.05, 4.69) is 26.8 Å². The molecule has 3 heterocycles. The van der Waals surface area contributed by atoms with Crippen LogP contribution in [0.15, 0.2) is 48.8 Å². The lowest BCUT2D eigenvalue weighted by Gasteiger charge is -2.27. The number of nitrogens with two attached hydrogens (primary N) is 1. The van der Waals surface area contributed by atoms with E-state index in [1.807, 2.05) is 0 Å². The van der Waals surface area contributed by atoms with E-state index < -0.39 is 0 Å². The number of hydrogen-bond donors (Lipinski definition) is 3. The molecule has 8 nitrogen and oxygen atoms in total. The van der Waals surface area contributed by atoms with Crippen LogP contribution in [0, 0.1) is 17.3 Å². The minimum absolute atomic E-state index is 0.129. The average Bonchev–Trinajstić information content (AvgIpc) is 3.29. The van der Waals surface area contributed by atoms with Crippen molar-refractivity contribution in [2.45, 2.75) is 0 Å². The second-order valence-corrected chi connectivity index (χ2v) is 7.65. The minimum Gasteiger partial charge on any atom is -0.384 e. The van der Waals surface area contributed by atoms with Crippen molar-refractivity contribution in [1.82, 2.24) is 19.9 Å². The van der Waals surface area contributed by atoms with Crippen LogP contribution in [0.1, 0.15) is 33.0 Å². The maximum absolute atomic E-state index is 12.7. The van der Waals surface area contributed by atoms with Crippen molar-refractivity contribution in [3.8, 4) is 11.8 Å². The van der Waals surface area contributed by atoms with Crippen LogP contribution >= 0.6 is 11.6 Å². The van der Waals surface area contributed by atoms with Crippen LogP contribution in [0.4, 0.5) is 5.82 Å². The van der Waals surface area contributed by atoms with Gasteiger partial charge in [-0.1, -0.05) is 23.6 Å². The molecule has 0 unspecified atom stereocenters. The third kappa shape index (κ3) is 5.66. The first-order valence-electron chi connectivity index (χ1n) is 10.2. The number of benzene rings is 1. The number of H-pyrrole nitrogens is 1. The van der Waals surface area contributed by atoms with Crippen molar-refractivity contribution in [2.75, 3.05) is 32.0 Å². The monoisotopic (exact) mass is 460 g/mol. The van der Waals surface area contributed by atoms with Crippen molar-refractivity contribution < 1.29 is 9.53 Å². The number of morpholine rings is 1. The SMILES string of the molecule is N=C(/C=C\c1ncc(C#Cc2ccnc(N)c2)[nH]1)c1ccc(C(=O)N2CCOCC2)c(Cl)c1. The summed E-state index contributed by atoms with van der Waals surface area (Å²) in [5.74, 6) is 6.81. The predicted octanol–water partition coefficient (Wildman–Crippen LogP) is 2.99. The summed E-state index contributed by atoms with van der Waals surface area (Å²) in [5.41, 5.74) is 8.29. The molecule has 0 spiro atoms. The quantitative estimate of drug-likeness (QED) is 0.408. The Morgan fingerprint density at radius 1 is 1.21 bits per heavy atom. The highest BCUT2D eigenvalue weighted by Gasteiger charge is 2.21. The third-order valence-electron chi connectivity index (χ3n) is 4.93. The topological polar surface area (TPSA) is 121 Å². The Hall–Kier alpha value is -3.93. The van der Waals surface area contributed by atoms with Crippen LogP contribution in [0.5, 0.6) is 0 Å². The van der Waals surface area contributed by atoms with Crippen LogP contribution in [0.2, 0.25) is 5.02 Å². The Bertz CT molecular complexity index is 1280. The van der Waals surface area contributed by atoms with Gasteiger partial charge in [0.1, 0.15) is 17.3 Å². The molecular weight excluding hydrogens is 440 g/mol. The molecule has 0 aliphatic carbocycles. The summed E-state index contributed by atoms with van der Waals surface area (Å²) in [6.07, 6.45) is 6.50. The van der Waals surface area contributed by atoms with Crippen LogP contribution in [0.25, 0.3) is 6.08 Å². The molecule has 2 aromatic heterocycles. The number of allylic oxidation sites excluding steroid dienone is 1. The number of carbonyl (C=O) groups excluding carboxylic acids is 1. The molecule has 1 saturated heterocycles. The molecule has 3 aromatic rings. The maximum atomic E-state index is 12.7. The standard InChI is InChI=1S/C24H21ClN6O2/c25-20-14-17(2-4-19(20)24(32)31-9-11-33-12-10-31)21(26)5-6-23-29-15-18(30-23)3-1-16-7-8-28-22(27)13-16/h2,4-8,13-15,26H,9-12H2,(H2,27,28)(H,29,30)/b6-5-,26-21?. The first kappa shape index (κ1) is 22.3. The molecule has 4 rings (SSSR count). The van der Waals surface area contributed by atoms with E-state index >= 15 is 0 Å². The van der Waals surface area contributed by atoms with Crippen molar-refractivity contribution in [2.24, 2.45) is 0 Å². The molecule has 1 aromatic carbocycles. The summed E-state index contributed by atoms with van der Waals surface area (Å²) in [6.45, 7) is 2.13. The van der Waals surface area contributed by atoms with Crippen LogP contribution < -0.4 is 5.73 Å². The Kier molecular flexibility index (Phi) is 6.83. The van der Waals surface area contributed by atoms with Gasteiger partial charge in [-0.3, -0.25) is 4.79 Å². The highest BCUT2D eigenvalue weighted by molar-refractivity contribution is 6.34. The highest BCUT2D eigenvalue weighted by Crippen LogP contribution is 2.21. The lowest BCUT2D eigenvalue weighted by molar-refractivity contribution is 0.0303. The molecule has 0 atom stereocenters. The van der Waals surface area contributed by atoms with E-state index in [1.165, 1.54) is 0 Å². The Morgan fingerprint density at radius 2 is 2.03 bits per heavy atom. The molecule has 0 radical (unpaired) electrons. The van der Waals surface area contributed by atoms with Gasteiger partial charge in [0, 0.05) is 30.4 Å². The van der Waals surface area contributed by atoms with Gasteiger partial charge in [0.25, 0.3) is 5.91 Å². The van der Waals surface area contributed by atoms with E-state index in [0.29, 0.717) is 59.8 Å². The van der Waals surface area contributed by atoms with E-state index in [4.69, 9.17) is 27.5 Å². The van der Waals surface area contributed by atoms with Gasteiger partial charge in [-0.2, -0.15) is 0 Å². The zero-order chi connectivity index (χ0) is 23.2. The molecule has 33 heavy (non-hydrogen) atoms. The van der Waals surface area contributed by atoms with Crippen LogP contribution in [0.3, 0.4) is 0 Å². The largest absolute Gasteiger partial charge is 0.384 e. The highest BCUT2D eigenvalue weighted by atomic mass is 35.5. The molecule has 1 fully saturated rings. The fourth-order valence-corrected chi connectivity index (χ4v) is 3.46. The fraction of sp³-hybridized carbons (Fsp3) is 0.167. The number of hydrogen-bond acceptors (Lipinski definition) is 6. The number of anilines is 1. The maximum Gasteiger partial charge on any atom is 0.255 e. The summed E-state index contributed by atoms with van der Waals surface area (Å²) in [7, 11) is 0. The van der Waals surface area contributed by atoms with Crippen molar-refractivity contribution in [3.63, 3.8) is 0 Å². The van der Waals surface area contributed by atoms with Crippen molar-refractivity contribution in [1.29, 1.82) is 5.41 Å². The van der Waals surface area contributed by atoms with Gasteiger partial charge in [-0.15, -0.1) is 0 Å². The number of nitrogens with zero attached hydrogens (tertiary/aromatic N) is 3. The number of ether oxygens (including phenoxy) is 1. The van der Waals surface area contributed by atoms with Gasteiger partial charge in [-0.25, -0.2) is 9.97 Å². The van der Waals surface area contributed by atoms with Crippen LogP contribution in [-0.2, 0) is 4.74 Å². The normalized spacial score (nSPS) is 13.5. The molecule has 1 aliphatic heterocycles. The Morgan fingerprint density at radius 3 is 2.79 bits per heavy atom. The van der Waals surface area contributed by atoms with Gasteiger partial charge in [0.15, 0.2) is 0 Å². The van der Waals surface area contributed by atoms with E-state index in [9.17, 15) is 4.79 Å². The average molecular weight is 461 g/mol. The Labute approximate surface area is 196 Å². The summed E-state index contributed by atoms with van der Waals surface area (Å²) in [6, 6.07) is 8.46. The number of aromatic nitrogens is 3. The summed E-state index contributed by atoms with van der Waals surface area (Å²) in [5, 5.41) is 8.64. The van der Waals surface area contributed by atoms with Gasteiger partial charge in [0.2, 0.25) is 0 Å². The van der Waals surface area contributed by atoms with Gasteiger partial charge in [-0.05, 0) is 42.3 Å². The van der Waals surface area contributed by atoms with Gasteiger partial charge in [0.05, 0.1) is 35.7 Å². The molecule has 1 aliphatic rings. The van der Waals surface area contributed by atoms with Crippen molar-refractivity contribution >= 4 is 35.1 Å². The lowest BCUT2D eigenvalue weighted by atomic mass is 10.1. The zero-order valence-electron chi connectivity index (χ0n) is 17.6. The van der Waals surface area contributed by atoms with Gasteiger partial charge < -0.3 is 25.8 Å². The molecule has 0 bridgehead atoms. The van der Waals surface area contributed by atoms with Crippen molar-refractivity contribution in [3.05, 3.63) is 82.0 Å². The summed E-state index contributed by atoms with van der Waals surface area (Å²) in [4.78, 5) is 25.6. The number of pyridine rings is 1. The molecule has 1 amide bonds. The van der Waals surface area contributed by atoms with E-state index in [-0.39, 0.29) is 11.6 Å². The smallest absolute Gasteiger partial charge is 0.255 e. The number of imidazole rings is 1. The number of halogens is 1. The molecule has 0 saturated carbocycles. The minimum atomic E-state index is -0.129. The third-order valence-corrected chi connectivity index (χ3v) is 5.25. The summed E-state index contributed by atoms with van der Waals surface area (Å²) >= 11 is 6.36. The first-order chi connectivity index (χ1) is 16.0. The number of aromatic amines is 1.